The van der Waals surface area contributed by atoms with Crippen molar-refractivity contribution in [1.29, 1.82) is 0 Å². The smallest absolute Gasteiger partial charge is 0.234 e. The molecule has 0 aromatic heterocycles. The van der Waals surface area contributed by atoms with E-state index >= 15 is 0 Å². The van der Waals surface area contributed by atoms with Gasteiger partial charge < -0.3 is 10.6 Å². The zero-order chi connectivity index (χ0) is 13.3. The molecule has 3 heteroatoms. The minimum absolute atomic E-state index is 0.00169. The zero-order valence-corrected chi connectivity index (χ0v) is 12.2. The molecule has 0 fully saturated rings. The van der Waals surface area contributed by atoms with Crippen molar-refractivity contribution in [2.75, 3.05) is 6.54 Å². The first-order valence-corrected chi connectivity index (χ1v) is 6.89. The second-order valence-electron chi connectivity index (χ2n) is 5.92. The van der Waals surface area contributed by atoms with Gasteiger partial charge in [-0.25, -0.2) is 0 Å². The Hall–Kier alpha value is -0.570. The number of unbranched alkanes of at least 4 members (excludes halogenated alkanes) is 3. The van der Waals surface area contributed by atoms with E-state index in [9.17, 15) is 4.79 Å². The molecule has 0 aliphatic carbocycles. The topological polar surface area (TPSA) is 41.1 Å². The van der Waals surface area contributed by atoms with E-state index in [4.69, 9.17) is 0 Å². The highest BCUT2D eigenvalue weighted by Gasteiger charge is 2.12. The molecule has 102 valence electrons. The third-order valence-corrected chi connectivity index (χ3v) is 2.68. The maximum atomic E-state index is 11.6. The standard InChI is InChI=1S/C14H30N2O/c1-6-7-8-9-10-12(2)16-13(17)11-15-14(3,4)5/h12,15H,6-11H2,1-5H3,(H,16,17). The third-order valence-electron chi connectivity index (χ3n) is 2.68. The van der Waals surface area contributed by atoms with Crippen molar-refractivity contribution in [3.63, 3.8) is 0 Å². The lowest BCUT2D eigenvalue weighted by Gasteiger charge is -2.21. The second kappa shape index (κ2) is 8.51. The molecule has 0 saturated heterocycles. The Morgan fingerprint density at radius 2 is 1.82 bits per heavy atom. The first kappa shape index (κ1) is 16.4. The van der Waals surface area contributed by atoms with E-state index in [0.717, 1.165) is 6.42 Å². The van der Waals surface area contributed by atoms with Crippen LogP contribution >= 0.6 is 0 Å². The number of nitrogens with one attached hydrogen (secondary N) is 2. The maximum absolute atomic E-state index is 11.6. The van der Waals surface area contributed by atoms with E-state index in [2.05, 4.69) is 45.3 Å². The Bertz CT molecular complexity index is 209. The van der Waals surface area contributed by atoms with Gasteiger partial charge in [-0.2, -0.15) is 0 Å². The minimum atomic E-state index is 0.00169. The van der Waals surface area contributed by atoms with E-state index < -0.39 is 0 Å². The van der Waals surface area contributed by atoms with Crippen LogP contribution in [0.3, 0.4) is 0 Å². The largest absolute Gasteiger partial charge is 0.353 e. The molecule has 1 atom stereocenters. The van der Waals surface area contributed by atoms with Crippen molar-refractivity contribution in [2.45, 2.75) is 78.3 Å². The molecule has 0 aliphatic rings. The van der Waals surface area contributed by atoms with Gasteiger partial charge in [-0.3, -0.25) is 4.79 Å². The molecule has 0 spiro atoms. The third kappa shape index (κ3) is 11.7. The first-order valence-electron chi connectivity index (χ1n) is 6.89. The summed E-state index contributed by atoms with van der Waals surface area (Å²) < 4.78 is 0. The molecule has 0 aromatic carbocycles. The average Bonchev–Trinajstić information content (AvgIpc) is 2.21. The minimum Gasteiger partial charge on any atom is -0.353 e. The van der Waals surface area contributed by atoms with Crippen LogP contribution < -0.4 is 10.6 Å². The predicted octanol–water partition coefficient (Wildman–Crippen LogP) is 2.85. The van der Waals surface area contributed by atoms with Gasteiger partial charge in [-0.05, 0) is 34.1 Å². The second-order valence-corrected chi connectivity index (χ2v) is 5.92. The Morgan fingerprint density at radius 3 is 2.35 bits per heavy atom. The quantitative estimate of drug-likeness (QED) is 0.643. The summed E-state index contributed by atoms with van der Waals surface area (Å²) in [4.78, 5) is 11.6. The Balaban J connectivity index is 3.59. The van der Waals surface area contributed by atoms with Crippen LogP contribution in [0.15, 0.2) is 0 Å². The van der Waals surface area contributed by atoms with Gasteiger partial charge in [0.1, 0.15) is 0 Å². The number of amides is 1. The maximum Gasteiger partial charge on any atom is 0.234 e. The van der Waals surface area contributed by atoms with E-state index in [1.807, 2.05) is 0 Å². The van der Waals surface area contributed by atoms with Crippen LogP contribution in [0.5, 0.6) is 0 Å². The highest BCUT2D eigenvalue weighted by atomic mass is 16.1. The lowest BCUT2D eigenvalue weighted by molar-refractivity contribution is -0.121. The fraction of sp³-hybridized carbons (Fsp3) is 0.929. The molecule has 17 heavy (non-hydrogen) atoms. The van der Waals surface area contributed by atoms with E-state index in [1.54, 1.807) is 0 Å². The summed E-state index contributed by atoms with van der Waals surface area (Å²) in [5, 5.41) is 6.22. The fourth-order valence-electron chi connectivity index (χ4n) is 1.62. The Labute approximate surface area is 107 Å². The number of hydrogen-bond donors (Lipinski definition) is 2. The molecular formula is C14H30N2O. The average molecular weight is 242 g/mol. The molecular weight excluding hydrogens is 212 g/mol. The van der Waals surface area contributed by atoms with Crippen LogP contribution in [0.4, 0.5) is 0 Å². The number of rotatable bonds is 8. The summed E-state index contributed by atoms with van der Waals surface area (Å²) in [5.41, 5.74) is 0.00169. The molecule has 0 rings (SSSR count). The Kier molecular flexibility index (Phi) is 8.23. The summed E-state index contributed by atoms with van der Waals surface area (Å²) in [6.45, 7) is 10.9. The van der Waals surface area contributed by atoms with Crippen LogP contribution in [-0.2, 0) is 4.79 Å². The molecule has 0 aliphatic heterocycles. The summed E-state index contributed by atoms with van der Waals surface area (Å²) in [7, 11) is 0. The van der Waals surface area contributed by atoms with Gasteiger partial charge in [0.15, 0.2) is 0 Å². The first-order chi connectivity index (χ1) is 7.85. The predicted molar refractivity (Wildman–Crippen MR) is 74.1 cm³/mol. The van der Waals surface area contributed by atoms with Crippen LogP contribution in [0.2, 0.25) is 0 Å². The van der Waals surface area contributed by atoms with Crippen molar-refractivity contribution >= 4 is 5.91 Å². The molecule has 0 saturated carbocycles. The molecule has 1 unspecified atom stereocenters. The van der Waals surface area contributed by atoms with Gasteiger partial charge in [0, 0.05) is 11.6 Å². The van der Waals surface area contributed by atoms with E-state index in [0.29, 0.717) is 12.6 Å². The SMILES string of the molecule is CCCCCCC(C)NC(=O)CNC(C)(C)C. The van der Waals surface area contributed by atoms with Crippen LogP contribution in [0.25, 0.3) is 0 Å². The number of carbonyl (C=O) groups excluding carboxylic acids is 1. The molecule has 0 bridgehead atoms. The lowest BCUT2D eigenvalue weighted by atomic mass is 10.1. The Morgan fingerprint density at radius 1 is 1.18 bits per heavy atom. The molecule has 0 aromatic rings. The van der Waals surface area contributed by atoms with Crippen LogP contribution in [-0.4, -0.2) is 24.0 Å². The van der Waals surface area contributed by atoms with Gasteiger partial charge in [0.25, 0.3) is 0 Å². The van der Waals surface area contributed by atoms with Crippen molar-refractivity contribution in [1.82, 2.24) is 10.6 Å². The molecule has 1 amide bonds. The van der Waals surface area contributed by atoms with Crippen molar-refractivity contribution in [3.05, 3.63) is 0 Å². The highest BCUT2D eigenvalue weighted by molar-refractivity contribution is 5.78. The summed E-state index contributed by atoms with van der Waals surface area (Å²) in [6.07, 6.45) is 6.13. The molecule has 0 heterocycles. The molecule has 3 nitrogen and oxygen atoms in total. The number of hydrogen-bond acceptors (Lipinski definition) is 2. The van der Waals surface area contributed by atoms with E-state index in [1.165, 1.54) is 25.7 Å². The highest BCUT2D eigenvalue weighted by Crippen LogP contribution is 2.05. The summed E-state index contributed by atoms with van der Waals surface area (Å²) in [5.74, 6) is 0.0999. The fourth-order valence-corrected chi connectivity index (χ4v) is 1.62. The van der Waals surface area contributed by atoms with Gasteiger partial charge >= 0.3 is 0 Å². The van der Waals surface area contributed by atoms with E-state index in [-0.39, 0.29) is 11.4 Å². The van der Waals surface area contributed by atoms with Crippen molar-refractivity contribution < 1.29 is 4.79 Å². The zero-order valence-electron chi connectivity index (χ0n) is 12.2. The number of carbonyl (C=O) groups is 1. The van der Waals surface area contributed by atoms with Crippen LogP contribution in [0, 0.1) is 0 Å². The van der Waals surface area contributed by atoms with Crippen LogP contribution in [0.1, 0.15) is 66.7 Å². The van der Waals surface area contributed by atoms with Gasteiger partial charge in [0.05, 0.1) is 6.54 Å². The normalized spacial score (nSPS) is 13.5. The van der Waals surface area contributed by atoms with Crippen molar-refractivity contribution in [3.8, 4) is 0 Å². The molecule has 0 radical (unpaired) electrons. The van der Waals surface area contributed by atoms with Gasteiger partial charge in [0.2, 0.25) is 5.91 Å². The summed E-state index contributed by atoms with van der Waals surface area (Å²) >= 11 is 0. The van der Waals surface area contributed by atoms with Crippen molar-refractivity contribution in [2.24, 2.45) is 0 Å². The van der Waals surface area contributed by atoms with Gasteiger partial charge in [-0.15, -0.1) is 0 Å². The summed E-state index contributed by atoms with van der Waals surface area (Å²) in [6, 6.07) is 0.293. The monoisotopic (exact) mass is 242 g/mol. The van der Waals surface area contributed by atoms with Gasteiger partial charge in [-0.1, -0.05) is 32.6 Å². The lowest BCUT2D eigenvalue weighted by Crippen LogP contribution is -2.45. The molecule has 2 N–H and O–H groups in total.